The molecule has 0 saturated heterocycles. The molecular weight excluding hydrogens is 182 g/mol. The average Bonchev–Trinajstić information content (AvgIpc) is 2.55. The van der Waals surface area contributed by atoms with Gasteiger partial charge in [0.25, 0.3) is 0 Å². The summed E-state index contributed by atoms with van der Waals surface area (Å²) < 4.78 is 3.81. The van der Waals surface area contributed by atoms with Crippen LogP contribution >= 0.6 is 11.5 Å². The highest BCUT2D eigenvalue weighted by molar-refractivity contribution is 7.05. The quantitative estimate of drug-likeness (QED) is 0.792. The van der Waals surface area contributed by atoms with Crippen LogP contribution in [-0.4, -0.2) is 9.59 Å². The van der Waals surface area contributed by atoms with Crippen LogP contribution in [-0.2, 0) is 0 Å². The van der Waals surface area contributed by atoms with E-state index in [2.05, 4.69) is 23.4 Å². The van der Waals surface area contributed by atoms with Crippen molar-refractivity contribution in [2.75, 3.05) is 0 Å². The Morgan fingerprint density at radius 1 is 1.62 bits per heavy atom. The number of nitrogens with two attached hydrogens (primary N) is 1. The Hall–Kier alpha value is -0.480. The molecule has 4 heteroatoms. The van der Waals surface area contributed by atoms with Gasteiger partial charge < -0.3 is 5.73 Å². The monoisotopic (exact) mass is 199 g/mol. The molecule has 1 aromatic rings. The summed E-state index contributed by atoms with van der Waals surface area (Å²) in [4.78, 5) is 1.10. The smallest absolute Gasteiger partial charge is 0.0669 e. The molecule has 74 valence electrons. The van der Waals surface area contributed by atoms with E-state index in [9.17, 15) is 0 Å². The third-order valence-corrected chi connectivity index (χ3v) is 2.98. The number of hydrogen-bond donors (Lipinski definition) is 1. The van der Waals surface area contributed by atoms with Crippen LogP contribution in [0.25, 0.3) is 0 Å². The summed E-state index contributed by atoms with van der Waals surface area (Å²) in [5.41, 5.74) is 6.00. The molecule has 0 fully saturated rings. The predicted molar refractivity (Wildman–Crippen MR) is 55.5 cm³/mol. The molecule has 13 heavy (non-hydrogen) atoms. The van der Waals surface area contributed by atoms with Gasteiger partial charge in [0, 0.05) is 6.04 Å². The summed E-state index contributed by atoms with van der Waals surface area (Å²) >= 11 is 1.40. The second-order valence-corrected chi connectivity index (χ2v) is 4.37. The molecule has 2 unspecified atom stereocenters. The lowest BCUT2D eigenvalue weighted by Crippen LogP contribution is -2.12. The molecule has 0 bridgehead atoms. The summed E-state index contributed by atoms with van der Waals surface area (Å²) in [6.45, 7) is 4.45. The van der Waals surface area contributed by atoms with Crippen LogP contribution in [0, 0.1) is 5.92 Å². The lowest BCUT2D eigenvalue weighted by Gasteiger charge is -2.14. The molecular formula is C9H17N3S. The van der Waals surface area contributed by atoms with Crippen molar-refractivity contribution in [1.82, 2.24) is 9.59 Å². The van der Waals surface area contributed by atoms with E-state index in [-0.39, 0.29) is 6.04 Å². The van der Waals surface area contributed by atoms with E-state index >= 15 is 0 Å². The maximum absolute atomic E-state index is 6.00. The van der Waals surface area contributed by atoms with E-state index in [1.807, 2.05) is 0 Å². The first-order valence-corrected chi connectivity index (χ1v) is 5.54. The minimum atomic E-state index is 0.126. The molecule has 0 aliphatic heterocycles. The molecule has 0 spiro atoms. The van der Waals surface area contributed by atoms with Crippen molar-refractivity contribution in [3.05, 3.63) is 11.1 Å². The zero-order valence-electron chi connectivity index (χ0n) is 8.23. The van der Waals surface area contributed by atoms with Crippen LogP contribution in [0.1, 0.15) is 44.0 Å². The van der Waals surface area contributed by atoms with Crippen LogP contribution in [0.2, 0.25) is 0 Å². The molecule has 1 rings (SSSR count). The zero-order chi connectivity index (χ0) is 9.68. The Balaban J connectivity index is 2.37. The van der Waals surface area contributed by atoms with Crippen molar-refractivity contribution in [1.29, 1.82) is 0 Å². The largest absolute Gasteiger partial charge is 0.323 e. The summed E-state index contributed by atoms with van der Waals surface area (Å²) in [6.07, 6.45) is 5.29. The highest BCUT2D eigenvalue weighted by atomic mass is 32.1. The minimum Gasteiger partial charge on any atom is -0.323 e. The fraction of sp³-hybridized carbons (Fsp3) is 0.778. The van der Waals surface area contributed by atoms with Gasteiger partial charge in [0.05, 0.1) is 11.1 Å². The third kappa shape index (κ3) is 3.40. The second kappa shape index (κ2) is 5.29. The van der Waals surface area contributed by atoms with Gasteiger partial charge >= 0.3 is 0 Å². The molecule has 2 atom stereocenters. The van der Waals surface area contributed by atoms with Gasteiger partial charge in [0.2, 0.25) is 0 Å². The van der Waals surface area contributed by atoms with E-state index in [0.29, 0.717) is 5.92 Å². The standard InChI is InChI=1S/C9H17N3S/c1-3-4-7(2)5-8(10)9-6-11-12-13-9/h6-8H,3-5,10H2,1-2H3. The third-order valence-electron chi connectivity index (χ3n) is 2.18. The SMILES string of the molecule is CCCC(C)CC(N)c1cnns1. The van der Waals surface area contributed by atoms with Gasteiger partial charge in [-0.2, -0.15) is 0 Å². The van der Waals surface area contributed by atoms with Crippen LogP contribution < -0.4 is 5.73 Å². The van der Waals surface area contributed by atoms with Gasteiger partial charge in [-0.25, -0.2) is 0 Å². The maximum Gasteiger partial charge on any atom is 0.0669 e. The Labute approximate surface area is 83.5 Å². The van der Waals surface area contributed by atoms with E-state index in [1.54, 1.807) is 6.20 Å². The normalized spacial score (nSPS) is 15.6. The lowest BCUT2D eigenvalue weighted by molar-refractivity contribution is 0.443. The topological polar surface area (TPSA) is 51.8 Å². The van der Waals surface area contributed by atoms with Crippen molar-refractivity contribution in [2.45, 2.75) is 39.2 Å². The van der Waals surface area contributed by atoms with Crippen molar-refractivity contribution < 1.29 is 0 Å². The predicted octanol–water partition coefficient (Wildman–Crippen LogP) is 2.36. The zero-order valence-corrected chi connectivity index (χ0v) is 9.05. The van der Waals surface area contributed by atoms with Gasteiger partial charge in [-0.3, -0.25) is 0 Å². The van der Waals surface area contributed by atoms with Gasteiger partial charge in [0.15, 0.2) is 0 Å². The van der Waals surface area contributed by atoms with Gasteiger partial charge in [-0.05, 0) is 23.9 Å². The summed E-state index contributed by atoms with van der Waals surface area (Å²) in [6, 6.07) is 0.126. The Bertz CT molecular complexity index is 223. The second-order valence-electron chi connectivity index (χ2n) is 3.56. The molecule has 0 aliphatic carbocycles. The van der Waals surface area contributed by atoms with Gasteiger partial charge in [0.1, 0.15) is 0 Å². The average molecular weight is 199 g/mol. The van der Waals surface area contributed by atoms with Crippen LogP contribution in [0.3, 0.4) is 0 Å². The maximum atomic E-state index is 6.00. The molecule has 0 saturated carbocycles. The molecule has 0 aliphatic rings. The van der Waals surface area contributed by atoms with E-state index in [4.69, 9.17) is 5.73 Å². The fourth-order valence-corrected chi connectivity index (χ4v) is 2.01. The van der Waals surface area contributed by atoms with E-state index < -0.39 is 0 Å². The van der Waals surface area contributed by atoms with Crippen molar-refractivity contribution in [3.63, 3.8) is 0 Å². The lowest BCUT2D eigenvalue weighted by atomic mass is 9.97. The van der Waals surface area contributed by atoms with E-state index in [1.165, 1.54) is 24.4 Å². The van der Waals surface area contributed by atoms with Crippen LogP contribution in [0.4, 0.5) is 0 Å². The first kappa shape index (κ1) is 10.6. The molecule has 2 N–H and O–H groups in total. The highest BCUT2D eigenvalue weighted by Crippen LogP contribution is 2.22. The summed E-state index contributed by atoms with van der Waals surface area (Å²) in [7, 11) is 0. The number of aromatic nitrogens is 2. The molecule has 1 heterocycles. The number of hydrogen-bond acceptors (Lipinski definition) is 4. The molecule has 0 radical (unpaired) electrons. The molecule has 0 aromatic carbocycles. The van der Waals surface area contributed by atoms with Crippen molar-refractivity contribution in [2.24, 2.45) is 11.7 Å². The first-order chi connectivity index (χ1) is 6.24. The summed E-state index contributed by atoms with van der Waals surface area (Å²) in [5.74, 6) is 0.696. The number of nitrogens with zero attached hydrogens (tertiary/aromatic N) is 2. The summed E-state index contributed by atoms with van der Waals surface area (Å²) in [5, 5.41) is 3.79. The van der Waals surface area contributed by atoms with Crippen LogP contribution in [0.15, 0.2) is 6.20 Å². The molecule has 1 aromatic heterocycles. The molecule has 3 nitrogen and oxygen atoms in total. The Morgan fingerprint density at radius 2 is 2.38 bits per heavy atom. The molecule has 0 amide bonds. The highest BCUT2D eigenvalue weighted by Gasteiger charge is 2.12. The number of rotatable bonds is 5. The van der Waals surface area contributed by atoms with E-state index in [0.717, 1.165) is 11.3 Å². The van der Waals surface area contributed by atoms with Gasteiger partial charge in [-0.1, -0.05) is 31.2 Å². The minimum absolute atomic E-state index is 0.126. The Kier molecular flexibility index (Phi) is 4.32. The van der Waals surface area contributed by atoms with Crippen molar-refractivity contribution >= 4 is 11.5 Å². The van der Waals surface area contributed by atoms with Crippen molar-refractivity contribution in [3.8, 4) is 0 Å². The van der Waals surface area contributed by atoms with Gasteiger partial charge in [-0.15, -0.1) is 5.10 Å². The first-order valence-electron chi connectivity index (χ1n) is 4.76. The fourth-order valence-electron chi connectivity index (χ4n) is 1.50. The Morgan fingerprint density at radius 3 is 2.92 bits per heavy atom. The van der Waals surface area contributed by atoms with Crippen LogP contribution in [0.5, 0.6) is 0 Å².